The summed E-state index contributed by atoms with van der Waals surface area (Å²) in [5.74, 6) is 0.284. The maximum Gasteiger partial charge on any atom is 0.128 e. The van der Waals surface area contributed by atoms with Gasteiger partial charge in [0.25, 0.3) is 0 Å². The molecule has 0 aliphatic heterocycles. The van der Waals surface area contributed by atoms with E-state index in [0.717, 1.165) is 11.1 Å². The van der Waals surface area contributed by atoms with E-state index in [1.165, 1.54) is 5.56 Å². The summed E-state index contributed by atoms with van der Waals surface area (Å²) < 4.78 is 0. The number of hydrogen-bond acceptors (Lipinski definition) is 3. The van der Waals surface area contributed by atoms with E-state index >= 15 is 0 Å². The first kappa shape index (κ1) is 16.7. The summed E-state index contributed by atoms with van der Waals surface area (Å²) in [5.41, 5.74) is 2.69. The van der Waals surface area contributed by atoms with E-state index in [2.05, 4.69) is 52.6 Å². The predicted octanol–water partition coefficient (Wildman–Crippen LogP) is 3.40. The maximum atomic E-state index is 10.5. The van der Waals surface area contributed by atoms with Gasteiger partial charge >= 0.3 is 0 Å². The second-order valence-electron chi connectivity index (χ2n) is 7.22. The summed E-state index contributed by atoms with van der Waals surface area (Å²) >= 11 is 0. The molecule has 0 aliphatic carbocycles. The van der Waals surface area contributed by atoms with Crippen LogP contribution in [0, 0.1) is 0 Å². The van der Waals surface area contributed by atoms with Gasteiger partial charge in [0.15, 0.2) is 0 Å². The zero-order valence-electron chi connectivity index (χ0n) is 13.5. The molecule has 3 nitrogen and oxygen atoms in total. The third kappa shape index (κ3) is 4.07. The van der Waals surface area contributed by atoms with Crippen molar-refractivity contribution in [2.24, 2.45) is 4.99 Å². The SMILES string of the molecule is CC(C)(C)c1cc(C=NCCO)c(O)c(C(C)(C)C)c1. The van der Waals surface area contributed by atoms with Crippen molar-refractivity contribution in [1.82, 2.24) is 0 Å². The Morgan fingerprint density at radius 2 is 1.65 bits per heavy atom. The lowest BCUT2D eigenvalue weighted by Gasteiger charge is -2.26. The normalized spacial score (nSPS) is 13.2. The number of phenols is 1. The summed E-state index contributed by atoms with van der Waals surface area (Å²) in [6.45, 7) is 13.1. The molecule has 112 valence electrons. The fraction of sp³-hybridized carbons (Fsp3) is 0.588. The van der Waals surface area contributed by atoms with Gasteiger partial charge < -0.3 is 10.2 Å². The van der Waals surface area contributed by atoms with Gasteiger partial charge in [0.05, 0.1) is 13.2 Å². The number of benzene rings is 1. The highest BCUT2D eigenvalue weighted by atomic mass is 16.3. The molecule has 0 atom stereocenters. The van der Waals surface area contributed by atoms with Crippen molar-refractivity contribution in [2.75, 3.05) is 13.2 Å². The van der Waals surface area contributed by atoms with E-state index in [1.807, 2.05) is 6.07 Å². The van der Waals surface area contributed by atoms with Crippen LogP contribution < -0.4 is 0 Å². The van der Waals surface area contributed by atoms with E-state index in [1.54, 1.807) is 6.21 Å². The van der Waals surface area contributed by atoms with E-state index in [0.29, 0.717) is 6.54 Å². The van der Waals surface area contributed by atoms with Crippen LogP contribution in [0.25, 0.3) is 0 Å². The zero-order valence-corrected chi connectivity index (χ0v) is 13.5. The number of nitrogens with zero attached hydrogens (tertiary/aromatic N) is 1. The van der Waals surface area contributed by atoms with E-state index in [-0.39, 0.29) is 23.2 Å². The first-order valence-electron chi connectivity index (χ1n) is 7.06. The first-order chi connectivity index (χ1) is 9.07. The summed E-state index contributed by atoms with van der Waals surface area (Å²) in [6, 6.07) is 4.06. The Hall–Kier alpha value is -1.35. The third-order valence-corrected chi connectivity index (χ3v) is 3.27. The minimum absolute atomic E-state index is 0.00721. The lowest BCUT2D eigenvalue weighted by Crippen LogP contribution is -2.17. The van der Waals surface area contributed by atoms with Crippen LogP contribution in [0.2, 0.25) is 0 Å². The van der Waals surface area contributed by atoms with Crippen LogP contribution >= 0.6 is 0 Å². The van der Waals surface area contributed by atoms with Gasteiger partial charge in [-0.2, -0.15) is 0 Å². The van der Waals surface area contributed by atoms with Crippen LogP contribution in [0.1, 0.15) is 58.2 Å². The minimum Gasteiger partial charge on any atom is -0.507 e. The van der Waals surface area contributed by atoms with Gasteiger partial charge in [0.2, 0.25) is 0 Å². The molecule has 0 saturated heterocycles. The van der Waals surface area contributed by atoms with Crippen LogP contribution in [0.4, 0.5) is 0 Å². The molecule has 0 aliphatic rings. The minimum atomic E-state index is -0.134. The van der Waals surface area contributed by atoms with Crippen molar-refractivity contribution >= 4 is 6.21 Å². The molecule has 0 bridgehead atoms. The molecule has 0 fully saturated rings. The smallest absolute Gasteiger partial charge is 0.128 e. The molecule has 20 heavy (non-hydrogen) atoms. The van der Waals surface area contributed by atoms with E-state index in [9.17, 15) is 5.11 Å². The average Bonchev–Trinajstić information content (AvgIpc) is 2.28. The Labute approximate surface area is 122 Å². The standard InChI is InChI=1S/C17H27NO2/c1-16(2,3)13-9-12(11-18-7-8-19)15(20)14(10-13)17(4,5)6/h9-11,19-20H,7-8H2,1-6H3. The first-order valence-corrected chi connectivity index (χ1v) is 7.06. The molecule has 0 aromatic heterocycles. The molecular weight excluding hydrogens is 250 g/mol. The van der Waals surface area contributed by atoms with Gasteiger partial charge in [-0.05, 0) is 22.5 Å². The van der Waals surface area contributed by atoms with Gasteiger partial charge in [0.1, 0.15) is 5.75 Å². The van der Waals surface area contributed by atoms with Crippen molar-refractivity contribution in [3.63, 3.8) is 0 Å². The van der Waals surface area contributed by atoms with Crippen LogP contribution in [-0.4, -0.2) is 29.6 Å². The van der Waals surface area contributed by atoms with Crippen molar-refractivity contribution < 1.29 is 10.2 Å². The molecule has 2 N–H and O–H groups in total. The maximum absolute atomic E-state index is 10.5. The summed E-state index contributed by atoms with van der Waals surface area (Å²) in [6.07, 6.45) is 1.65. The van der Waals surface area contributed by atoms with Crippen molar-refractivity contribution in [1.29, 1.82) is 0 Å². The van der Waals surface area contributed by atoms with Crippen molar-refractivity contribution in [3.05, 3.63) is 28.8 Å². The molecule has 0 spiro atoms. The molecule has 0 saturated carbocycles. The monoisotopic (exact) mass is 277 g/mol. The molecule has 3 heteroatoms. The molecule has 1 aromatic carbocycles. The number of phenolic OH excluding ortho intramolecular Hbond substituents is 1. The second kappa shape index (κ2) is 5.96. The lowest BCUT2D eigenvalue weighted by atomic mass is 9.79. The fourth-order valence-electron chi connectivity index (χ4n) is 1.98. The van der Waals surface area contributed by atoms with Crippen LogP contribution in [0.5, 0.6) is 5.75 Å². The van der Waals surface area contributed by atoms with Gasteiger partial charge in [-0.25, -0.2) is 0 Å². The van der Waals surface area contributed by atoms with Crippen LogP contribution in [-0.2, 0) is 10.8 Å². The topological polar surface area (TPSA) is 52.8 Å². The molecular formula is C17H27NO2. The van der Waals surface area contributed by atoms with Gasteiger partial charge in [-0.15, -0.1) is 0 Å². The predicted molar refractivity (Wildman–Crippen MR) is 85.1 cm³/mol. The largest absolute Gasteiger partial charge is 0.507 e. The lowest BCUT2D eigenvalue weighted by molar-refractivity contribution is 0.307. The van der Waals surface area contributed by atoms with E-state index in [4.69, 9.17) is 5.11 Å². The molecule has 1 rings (SSSR count). The van der Waals surface area contributed by atoms with E-state index < -0.39 is 0 Å². The van der Waals surface area contributed by atoms with Gasteiger partial charge in [0, 0.05) is 17.3 Å². The number of hydrogen-bond donors (Lipinski definition) is 2. The Morgan fingerprint density at radius 1 is 1.05 bits per heavy atom. The van der Waals surface area contributed by atoms with Crippen LogP contribution in [0.15, 0.2) is 17.1 Å². The number of aliphatic imine (C=N–C) groups is 1. The summed E-state index contributed by atoms with van der Waals surface area (Å²) in [4.78, 5) is 4.13. The average molecular weight is 277 g/mol. The highest BCUT2D eigenvalue weighted by molar-refractivity contribution is 5.85. The molecule has 0 heterocycles. The quantitative estimate of drug-likeness (QED) is 0.832. The number of aliphatic hydroxyl groups is 1. The molecule has 0 unspecified atom stereocenters. The molecule has 0 amide bonds. The molecule has 1 aromatic rings. The molecule has 0 radical (unpaired) electrons. The number of rotatable bonds is 3. The fourth-order valence-corrected chi connectivity index (χ4v) is 1.98. The third-order valence-electron chi connectivity index (χ3n) is 3.27. The Bertz CT molecular complexity index is 491. The summed E-state index contributed by atoms with van der Waals surface area (Å²) in [5, 5.41) is 19.3. The van der Waals surface area contributed by atoms with Gasteiger partial charge in [-0.3, -0.25) is 4.99 Å². The van der Waals surface area contributed by atoms with Gasteiger partial charge in [-0.1, -0.05) is 47.6 Å². The Morgan fingerprint density at radius 3 is 2.10 bits per heavy atom. The highest BCUT2D eigenvalue weighted by Gasteiger charge is 2.24. The highest BCUT2D eigenvalue weighted by Crippen LogP contribution is 2.36. The van der Waals surface area contributed by atoms with Crippen LogP contribution in [0.3, 0.4) is 0 Å². The number of aromatic hydroxyl groups is 1. The summed E-state index contributed by atoms with van der Waals surface area (Å²) in [7, 11) is 0. The number of aliphatic hydroxyl groups excluding tert-OH is 1. The van der Waals surface area contributed by atoms with Crippen molar-refractivity contribution in [2.45, 2.75) is 52.4 Å². The van der Waals surface area contributed by atoms with Crippen molar-refractivity contribution in [3.8, 4) is 5.75 Å². The Kier molecular flexibility index (Phi) is 4.98. The Balaban J connectivity index is 3.43. The zero-order chi connectivity index (χ0) is 15.6. The second-order valence-corrected chi connectivity index (χ2v) is 7.22.